The Kier molecular flexibility index (Phi) is 26.6. The van der Waals surface area contributed by atoms with Crippen LogP contribution in [0.15, 0.2) is 109 Å². The quantitative estimate of drug-likeness (QED) is 0.0234. The zero-order valence-corrected chi connectivity index (χ0v) is 63.9. The van der Waals surface area contributed by atoms with Crippen LogP contribution in [0.2, 0.25) is 0 Å². The number of unbranched alkanes of at least 4 members (excludes halogenated alkanes) is 26. The van der Waals surface area contributed by atoms with Gasteiger partial charge in [-0.2, -0.15) is 8.75 Å². The first-order chi connectivity index (χ1) is 49.3. The highest BCUT2D eigenvalue weighted by atomic mass is 32.1. The summed E-state index contributed by atoms with van der Waals surface area (Å²) in [4.78, 5) is 14.7. The van der Waals surface area contributed by atoms with Gasteiger partial charge >= 0.3 is 5.97 Å². The molecule has 0 saturated carbocycles. The standard InChI is InChI=1S/C92H119N3O3S2/c1-7-13-19-25-29-35-42-65(41-33-23-17-11-5)63-95-79-61-77(68-53-55-70(56-54-68)98-64-66(43-34-24-18-12-6)44-36-30-26-20-14-8-2)74-47-39-45-72-73-46-40-48-76-82(73)85(84(79)81(72)74)89(95)86-83(76)90-78(92(86,59-37-31-27-21-15-9-3)60-38-32-28-22-16-10-4)62-80(99-90)75-58-57-71(87-88(75)94-100-93-87)67-49-51-69(52-50-67)91(96)97/h39-40,45-58,61-62,65-66H,7-38,41-44,59-60,63-64H2,1-6H3,(H,96,97). The smallest absolute Gasteiger partial charge is 0.335 e. The maximum Gasteiger partial charge on any atom is 0.335 e. The van der Waals surface area contributed by atoms with E-state index >= 15 is 0 Å². The van der Waals surface area contributed by atoms with Crippen molar-refractivity contribution in [3.8, 4) is 48.9 Å². The summed E-state index contributed by atoms with van der Waals surface area (Å²) in [6.45, 7) is 15.9. The lowest BCUT2D eigenvalue weighted by atomic mass is 9.69. The van der Waals surface area contributed by atoms with Crippen LogP contribution in [-0.2, 0) is 12.0 Å². The van der Waals surface area contributed by atoms with E-state index in [0.717, 1.165) is 59.5 Å². The van der Waals surface area contributed by atoms with Gasteiger partial charge in [-0.3, -0.25) is 0 Å². The van der Waals surface area contributed by atoms with Crippen molar-refractivity contribution < 1.29 is 14.6 Å². The highest BCUT2D eigenvalue weighted by Gasteiger charge is 2.48. The molecule has 0 radical (unpaired) electrons. The summed E-state index contributed by atoms with van der Waals surface area (Å²) >= 11 is 3.30. The number of ether oxygens (including phenoxy) is 1. The van der Waals surface area contributed by atoms with E-state index in [1.165, 1.54) is 318 Å². The Hall–Kier alpha value is -6.35. The molecule has 0 fully saturated rings. The van der Waals surface area contributed by atoms with Crippen LogP contribution in [-0.4, -0.2) is 31.0 Å². The highest BCUT2D eigenvalue weighted by molar-refractivity contribution is 7.19. The summed E-state index contributed by atoms with van der Waals surface area (Å²) in [5, 5.41) is 21.2. The van der Waals surface area contributed by atoms with Gasteiger partial charge in [0, 0.05) is 59.9 Å². The molecule has 2 atom stereocenters. The van der Waals surface area contributed by atoms with Gasteiger partial charge in [-0.25, -0.2) is 4.79 Å². The summed E-state index contributed by atoms with van der Waals surface area (Å²) in [5.74, 6) is 1.24. The first-order valence-corrected chi connectivity index (χ1v) is 42.3. The van der Waals surface area contributed by atoms with Crippen molar-refractivity contribution in [2.24, 2.45) is 11.8 Å². The largest absolute Gasteiger partial charge is 0.493 e. The Morgan fingerprint density at radius 1 is 0.470 bits per heavy atom. The van der Waals surface area contributed by atoms with Crippen LogP contribution in [0.1, 0.15) is 307 Å². The zero-order chi connectivity index (χ0) is 69.2. The van der Waals surface area contributed by atoms with E-state index in [1.54, 1.807) is 28.8 Å². The normalized spacial score (nSPS) is 13.6. The van der Waals surface area contributed by atoms with Gasteiger partial charge in [0.15, 0.2) is 0 Å². The molecule has 0 amide bonds. The molecular formula is C92H119N3O3S2. The molecule has 8 heteroatoms. The lowest BCUT2D eigenvalue weighted by molar-refractivity contribution is 0.0696. The second-order valence-electron chi connectivity index (χ2n) is 30.7. The number of thiophene rings is 1. The predicted octanol–water partition coefficient (Wildman–Crippen LogP) is 29.7. The SMILES string of the molecule is CCCCCCCCC(CCCCCC)COc1ccc(-c2cc3c4c5c2cccc5c2cccc5c6c(c(c4c52)n3CC(CCCCCC)CCCCCCCC)C(CCCCCCCC)(CCCCCCCC)c2cc(-c3ccc(-c4ccc(C(=O)O)cc4)c4nsnc34)sc2-6)cc1. The molecule has 2 unspecified atom stereocenters. The number of benzene rings is 8. The molecule has 1 N–H and O–H groups in total. The number of carboxylic acids is 1. The maximum absolute atomic E-state index is 12.0. The van der Waals surface area contributed by atoms with Crippen molar-refractivity contribution in [1.29, 1.82) is 0 Å². The third-order valence-corrected chi connectivity index (χ3v) is 25.2. The van der Waals surface area contributed by atoms with Gasteiger partial charge in [0.2, 0.25) is 0 Å². The minimum atomic E-state index is -0.920. The van der Waals surface area contributed by atoms with Gasteiger partial charge in [0.25, 0.3) is 0 Å². The molecule has 0 spiro atoms. The Morgan fingerprint density at radius 3 is 1.49 bits per heavy atom. The topological polar surface area (TPSA) is 77.2 Å². The molecule has 100 heavy (non-hydrogen) atoms. The van der Waals surface area contributed by atoms with Crippen LogP contribution in [0.3, 0.4) is 0 Å². The summed E-state index contributed by atoms with van der Waals surface area (Å²) < 4.78 is 20.1. The minimum absolute atomic E-state index is 0.218. The van der Waals surface area contributed by atoms with Crippen LogP contribution in [0, 0.1) is 11.8 Å². The van der Waals surface area contributed by atoms with E-state index < -0.39 is 5.97 Å². The Balaban J connectivity index is 1.06. The second-order valence-corrected chi connectivity index (χ2v) is 32.3. The van der Waals surface area contributed by atoms with Crippen molar-refractivity contribution >= 4 is 94.2 Å². The van der Waals surface area contributed by atoms with Crippen molar-refractivity contribution in [3.63, 3.8) is 0 Å². The van der Waals surface area contributed by atoms with Crippen LogP contribution < -0.4 is 4.74 Å². The second kappa shape index (κ2) is 36.2. The third kappa shape index (κ3) is 16.2. The van der Waals surface area contributed by atoms with Gasteiger partial charge < -0.3 is 14.4 Å². The number of fused-ring (bicyclic) bond motifs is 7. The maximum atomic E-state index is 12.0. The van der Waals surface area contributed by atoms with Gasteiger partial charge in [0.05, 0.1) is 34.9 Å². The first kappa shape index (κ1) is 73.4. The predicted molar refractivity (Wildman–Crippen MR) is 435 cm³/mol. The number of aromatic carboxylic acids is 1. The van der Waals surface area contributed by atoms with E-state index in [-0.39, 0.29) is 11.0 Å². The molecule has 6 nitrogen and oxygen atoms in total. The molecule has 11 aromatic rings. The van der Waals surface area contributed by atoms with Gasteiger partial charge in [-0.15, -0.1) is 11.3 Å². The highest BCUT2D eigenvalue weighted by Crippen LogP contribution is 2.65. The molecule has 532 valence electrons. The Bertz CT molecular complexity index is 4320. The average Bonchev–Trinajstić information content (AvgIpc) is 1.48. The fourth-order valence-corrected chi connectivity index (χ4v) is 19.9. The summed E-state index contributed by atoms with van der Waals surface area (Å²) in [6, 6.07) is 41.2. The van der Waals surface area contributed by atoms with Crippen molar-refractivity contribution in [3.05, 3.63) is 126 Å². The fourth-order valence-electron chi connectivity index (χ4n) is 18.0. The molecule has 3 aromatic heterocycles. The fraction of sp³-hybridized carbons (Fsp3) is 0.533. The van der Waals surface area contributed by atoms with Crippen LogP contribution in [0.5, 0.6) is 5.75 Å². The number of carboxylic acid groups (broad SMARTS) is 1. The molecule has 8 aromatic carbocycles. The van der Waals surface area contributed by atoms with Crippen molar-refractivity contribution in [2.75, 3.05) is 6.61 Å². The molecule has 1 aliphatic rings. The van der Waals surface area contributed by atoms with Crippen LogP contribution in [0.4, 0.5) is 0 Å². The molecule has 12 rings (SSSR count). The lowest BCUT2D eigenvalue weighted by Crippen LogP contribution is -2.26. The van der Waals surface area contributed by atoms with E-state index in [2.05, 4.69) is 131 Å². The van der Waals surface area contributed by atoms with E-state index in [9.17, 15) is 9.90 Å². The number of nitrogens with zero attached hydrogens (tertiary/aromatic N) is 3. The summed E-state index contributed by atoms with van der Waals surface area (Å²) in [6.07, 6.45) is 48.9. The summed E-state index contributed by atoms with van der Waals surface area (Å²) in [7, 11) is 0. The van der Waals surface area contributed by atoms with Gasteiger partial charge in [0.1, 0.15) is 16.8 Å². The van der Waals surface area contributed by atoms with E-state index in [4.69, 9.17) is 13.5 Å². The Morgan fingerprint density at radius 2 is 0.930 bits per heavy atom. The molecule has 1 aliphatic carbocycles. The Labute approximate surface area is 608 Å². The molecule has 0 bridgehead atoms. The monoisotopic (exact) mass is 1380 g/mol. The van der Waals surface area contributed by atoms with Gasteiger partial charge in [-0.05, 0) is 136 Å². The molecular weight excluding hydrogens is 1260 g/mol. The minimum Gasteiger partial charge on any atom is -0.493 e. The molecule has 0 saturated heterocycles. The zero-order valence-electron chi connectivity index (χ0n) is 62.3. The summed E-state index contributed by atoms with van der Waals surface area (Å²) in [5.41, 5.74) is 15.2. The van der Waals surface area contributed by atoms with Crippen LogP contribution >= 0.6 is 23.1 Å². The van der Waals surface area contributed by atoms with E-state index in [0.29, 0.717) is 11.8 Å². The van der Waals surface area contributed by atoms with Crippen LogP contribution in [0.25, 0.3) is 108 Å². The third-order valence-electron chi connectivity index (χ3n) is 23.5. The first-order valence-electron chi connectivity index (χ1n) is 40.7. The molecule has 3 heterocycles. The van der Waals surface area contributed by atoms with Crippen molar-refractivity contribution in [1.82, 2.24) is 13.3 Å². The lowest BCUT2D eigenvalue weighted by Gasteiger charge is -2.34. The number of rotatable bonds is 47. The number of aromatic nitrogens is 3. The number of carbonyl (C=O) groups is 1. The van der Waals surface area contributed by atoms with Gasteiger partial charge in [-0.1, -0.05) is 320 Å². The van der Waals surface area contributed by atoms with Crippen molar-refractivity contribution in [2.45, 2.75) is 297 Å². The molecule has 0 aliphatic heterocycles. The average molecular weight is 1380 g/mol. The number of hydrogen-bond donors (Lipinski definition) is 1. The van der Waals surface area contributed by atoms with E-state index in [1.807, 2.05) is 23.5 Å². The number of hydrogen-bond acceptors (Lipinski definition) is 6.